The van der Waals surface area contributed by atoms with E-state index >= 15 is 0 Å². The van der Waals surface area contributed by atoms with Gasteiger partial charge in [0, 0.05) is 73.5 Å². The fraction of sp³-hybridized carbons (Fsp3) is 0. The van der Waals surface area contributed by atoms with E-state index in [-0.39, 0.29) is 0 Å². The first-order valence-electron chi connectivity index (χ1n) is 19.0. The molecule has 0 aliphatic carbocycles. The summed E-state index contributed by atoms with van der Waals surface area (Å²) in [4.78, 5) is 15.5. The Bertz CT molecular complexity index is 3530. The van der Waals surface area contributed by atoms with Gasteiger partial charge in [-0.15, -0.1) is 22.7 Å². The maximum absolute atomic E-state index is 5.24. The lowest BCUT2D eigenvalue weighted by Gasteiger charge is -2.10. The lowest BCUT2D eigenvalue weighted by molar-refractivity contribution is 1.08. The SMILES string of the molecule is c1ccc(-c2nc(-c3ccc4c(c3)sc3cccc(-c5cccc6c5c5ccccc5n6-c5ccccc5)c34)nc(-c3cccc4sc5ccccc5c34)n2)cc1. The van der Waals surface area contributed by atoms with Gasteiger partial charge in [-0.1, -0.05) is 133 Å². The van der Waals surface area contributed by atoms with Crippen LogP contribution >= 0.6 is 22.7 Å². The van der Waals surface area contributed by atoms with Crippen molar-refractivity contribution in [3.8, 4) is 51.0 Å². The van der Waals surface area contributed by atoms with Gasteiger partial charge in [0.1, 0.15) is 0 Å². The molecule has 12 rings (SSSR count). The van der Waals surface area contributed by atoms with Crippen molar-refractivity contribution in [1.29, 1.82) is 0 Å². The fourth-order valence-electron chi connectivity index (χ4n) is 8.59. The Labute approximate surface area is 335 Å². The van der Waals surface area contributed by atoms with Gasteiger partial charge in [0.2, 0.25) is 0 Å². The number of nitrogens with zero attached hydrogens (tertiary/aromatic N) is 4. The van der Waals surface area contributed by atoms with Crippen molar-refractivity contribution < 1.29 is 0 Å². The summed E-state index contributed by atoms with van der Waals surface area (Å²) in [7, 11) is 0. The van der Waals surface area contributed by atoms with E-state index in [2.05, 4.69) is 168 Å². The Hall–Kier alpha value is -6.99. The summed E-state index contributed by atoms with van der Waals surface area (Å²) >= 11 is 3.63. The standard InChI is InChI=1S/C51H30N4S2/c1-3-14-31(15-4-1)49-52-50(54-51(53-49)39-22-13-27-44-48(39)37-19-8-10-25-42(37)56-44)32-28-29-38-45(30-32)57-43-26-12-21-35(47(38)43)34-20-11-24-41-46(34)36-18-7-9-23-40(36)55(41)33-16-5-2-6-17-33/h1-30H. The van der Waals surface area contributed by atoms with E-state index in [1.54, 1.807) is 11.3 Å². The molecule has 4 heterocycles. The highest BCUT2D eigenvalue weighted by atomic mass is 32.1. The second-order valence-electron chi connectivity index (χ2n) is 14.3. The second kappa shape index (κ2) is 12.8. The Morgan fingerprint density at radius 1 is 0.333 bits per heavy atom. The molecular weight excluding hydrogens is 733 g/mol. The number of rotatable bonds is 5. The van der Waals surface area contributed by atoms with E-state index in [9.17, 15) is 0 Å². The molecule has 0 fully saturated rings. The molecule has 0 N–H and O–H groups in total. The van der Waals surface area contributed by atoms with Crippen LogP contribution in [0.4, 0.5) is 0 Å². The van der Waals surface area contributed by atoms with Crippen LogP contribution in [0.1, 0.15) is 0 Å². The predicted octanol–water partition coefficient (Wildman–Crippen LogP) is 14.4. The van der Waals surface area contributed by atoms with Crippen molar-refractivity contribution in [2.45, 2.75) is 0 Å². The molecule has 0 aliphatic rings. The van der Waals surface area contributed by atoms with E-state index in [1.807, 2.05) is 29.5 Å². The highest BCUT2D eigenvalue weighted by molar-refractivity contribution is 7.26. The van der Waals surface area contributed by atoms with Crippen molar-refractivity contribution in [1.82, 2.24) is 19.5 Å². The molecule has 8 aromatic carbocycles. The van der Waals surface area contributed by atoms with Crippen LogP contribution in [0.5, 0.6) is 0 Å². The van der Waals surface area contributed by atoms with Crippen molar-refractivity contribution in [2.75, 3.05) is 0 Å². The topological polar surface area (TPSA) is 43.6 Å². The molecule has 4 aromatic heterocycles. The summed E-state index contributed by atoms with van der Waals surface area (Å²) in [6, 6.07) is 64.9. The quantitative estimate of drug-likeness (QED) is 0.175. The number of para-hydroxylation sites is 2. The first-order valence-corrected chi connectivity index (χ1v) is 20.7. The number of hydrogen-bond acceptors (Lipinski definition) is 5. The maximum Gasteiger partial charge on any atom is 0.164 e. The van der Waals surface area contributed by atoms with Crippen molar-refractivity contribution in [2.24, 2.45) is 0 Å². The van der Waals surface area contributed by atoms with Crippen LogP contribution in [0, 0.1) is 0 Å². The van der Waals surface area contributed by atoms with Gasteiger partial charge >= 0.3 is 0 Å². The molecule has 57 heavy (non-hydrogen) atoms. The first kappa shape index (κ1) is 32.3. The number of fused-ring (bicyclic) bond motifs is 9. The van der Waals surface area contributed by atoms with Crippen LogP contribution < -0.4 is 0 Å². The van der Waals surface area contributed by atoms with Crippen LogP contribution in [0.25, 0.3) is 113 Å². The maximum atomic E-state index is 5.24. The zero-order valence-corrected chi connectivity index (χ0v) is 32.1. The normalized spacial score (nSPS) is 11.9. The summed E-state index contributed by atoms with van der Waals surface area (Å²) in [6.07, 6.45) is 0. The smallest absolute Gasteiger partial charge is 0.164 e. The minimum absolute atomic E-state index is 0.661. The number of aromatic nitrogens is 4. The summed E-state index contributed by atoms with van der Waals surface area (Å²) in [5.74, 6) is 2.00. The molecule has 6 heteroatoms. The monoisotopic (exact) mass is 762 g/mol. The third-order valence-electron chi connectivity index (χ3n) is 11.1. The molecule has 0 radical (unpaired) electrons. The van der Waals surface area contributed by atoms with Crippen LogP contribution in [-0.4, -0.2) is 19.5 Å². The van der Waals surface area contributed by atoms with Gasteiger partial charge < -0.3 is 4.57 Å². The minimum Gasteiger partial charge on any atom is -0.309 e. The van der Waals surface area contributed by atoms with Crippen LogP contribution in [-0.2, 0) is 0 Å². The highest BCUT2D eigenvalue weighted by Gasteiger charge is 2.21. The lowest BCUT2D eigenvalue weighted by Crippen LogP contribution is -2.00. The Morgan fingerprint density at radius 2 is 0.877 bits per heavy atom. The molecular formula is C51H30N4S2. The number of thiophene rings is 2. The summed E-state index contributed by atoms with van der Waals surface area (Å²) in [6.45, 7) is 0. The largest absolute Gasteiger partial charge is 0.309 e. The predicted molar refractivity (Wildman–Crippen MR) is 242 cm³/mol. The molecule has 266 valence electrons. The van der Waals surface area contributed by atoms with E-state index in [0.717, 1.165) is 22.4 Å². The zero-order valence-electron chi connectivity index (χ0n) is 30.4. The molecule has 0 bridgehead atoms. The number of hydrogen-bond donors (Lipinski definition) is 0. The molecule has 0 amide bonds. The third kappa shape index (κ3) is 5.08. The first-order chi connectivity index (χ1) is 28.3. The number of benzene rings is 8. The van der Waals surface area contributed by atoms with Crippen molar-refractivity contribution >= 4 is 84.8 Å². The van der Waals surface area contributed by atoms with E-state index in [0.29, 0.717) is 17.5 Å². The fourth-order valence-corrected chi connectivity index (χ4v) is 10.9. The molecule has 0 saturated carbocycles. The minimum atomic E-state index is 0.661. The zero-order chi connectivity index (χ0) is 37.5. The van der Waals surface area contributed by atoms with Crippen LogP contribution in [0.2, 0.25) is 0 Å². The summed E-state index contributed by atoms with van der Waals surface area (Å²) in [5.41, 5.74) is 8.96. The lowest BCUT2D eigenvalue weighted by atomic mass is 9.95. The average Bonchev–Trinajstić information content (AvgIpc) is 3.96. The van der Waals surface area contributed by atoms with E-state index in [4.69, 9.17) is 15.0 Å². The van der Waals surface area contributed by atoms with Gasteiger partial charge in [-0.3, -0.25) is 0 Å². The van der Waals surface area contributed by atoms with Gasteiger partial charge in [-0.25, -0.2) is 15.0 Å². The van der Waals surface area contributed by atoms with Gasteiger partial charge in [0.15, 0.2) is 17.5 Å². The van der Waals surface area contributed by atoms with E-state index < -0.39 is 0 Å². The van der Waals surface area contributed by atoms with Gasteiger partial charge in [-0.05, 0) is 59.7 Å². The Morgan fingerprint density at radius 3 is 1.68 bits per heavy atom. The molecule has 0 unspecified atom stereocenters. The van der Waals surface area contributed by atoms with Crippen molar-refractivity contribution in [3.63, 3.8) is 0 Å². The van der Waals surface area contributed by atoms with Crippen LogP contribution in [0.3, 0.4) is 0 Å². The second-order valence-corrected chi connectivity index (χ2v) is 16.5. The third-order valence-corrected chi connectivity index (χ3v) is 13.3. The van der Waals surface area contributed by atoms with Gasteiger partial charge in [-0.2, -0.15) is 0 Å². The van der Waals surface area contributed by atoms with E-state index in [1.165, 1.54) is 73.3 Å². The molecule has 0 aliphatic heterocycles. The average molecular weight is 763 g/mol. The Kier molecular flexibility index (Phi) is 7.24. The molecule has 4 nitrogen and oxygen atoms in total. The molecule has 0 spiro atoms. The van der Waals surface area contributed by atoms with Gasteiger partial charge in [0.25, 0.3) is 0 Å². The molecule has 0 saturated heterocycles. The highest BCUT2D eigenvalue weighted by Crippen LogP contribution is 2.46. The molecule has 12 aromatic rings. The summed E-state index contributed by atoms with van der Waals surface area (Å²) in [5, 5.41) is 7.41. The van der Waals surface area contributed by atoms with Crippen LogP contribution in [0.15, 0.2) is 182 Å². The van der Waals surface area contributed by atoms with Gasteiger partial charge in [0.05, 0.1) is 11.0 Å². The summed E-state index contributed by atoms with van der Waals surface area (Å²) < 4.78 is 7.31. The molecule has 0 atom stereocenters. The Balaban J connectivity index is 1.05. The van der Waals surface area contributed by atoms with Crippen molar-refractivity contribution in [3.05, 3.63) is 182 Å².